The number of ether oxygens (including phenoxy) is 3. The van der Waals surface area contributed by atoms with E-state index in [1.54, 1.807) is 0 Å². The van der Waals surface area contributed by atoms with Crippen molar-refractivity contribution >= 4 is 5.96 Å². The molecule has 0 spiro atoms. The third-order valence-corrected chi connectivity index (χ3v) is 5.41. The molecule has 1 fully saturated rings. The number of guanidine groups is 1. The second-order valence-electron chi connectivity index (χ2n) is 8.51. The van der Waals surface area contributed by atoms with Crippen molar-refractivity contribution in [3.8, 4) is 0 Å². The molecule has 0 aliphatic heterocycles. The lowest BCUT2D eigenvalue weighted by Gasteiger charge is -2.26. The van der Waals surface area contributed by atoms with Crippen molar-refractivity contribution in [1.29, 1.82) is 0 Å². The molecule has 2 rings (SSSR count). The van der Waals surface area contributed by atoms with Gasteiger partial charge in [-0.1, -0.05) is 30.7 Å². The van der Waals surface area contributed by atoms with Crippen LogP contribution in [0.3, 0.4) is 0 Å². The van der Waals surface area contributed by atoms with Gasteiger partial charge in [-0.15, -0.1) is 0 Å². The number of nitrogens with one attached hydrogen (secondary N) is 1. The molecule has 0 saturated heterocycles. The first-order valence-corrected chi connectivity index (χ1v) is 11.5. The predicted octanol–water partition coefficient (Wildman–Crippen LogP) is -0.518. The maximum absolute atomic E-state index is 10.0. The number of benzene rings is 1. The zero-order chi connectivity index (χ0) is 23.9. The number of nitrogens with two attached hydrogens (primary N) is 2. The fourth-order valence-corrected chi connectivity index (χ4v) is 3.20. The molecule has 0 amide bonds. The van der Waals surface area contributed by atoms with Gasteiger partial charge in [-0.05, 0) is 29.9 Å². The molecule has 1 aromatic rings. The van der Waals surface area contributed by atoms with E-state index < -0.39 is 18.3 Å². The smallest absolute Gasteiger partial charge is 0.186 e. The molecule has 1 saturated carbocycles. The summed E-state index contributed by atoms with van der Waals surface area (Å²) in [6.45, 7) is 2.40. The van der Waals surface area contributed by atoms with Crippen LogP contribution in [0.1, 0.15) is 30.4 Å². The van der Waals surface area contributed by atoms with Crippen molar-refractivity contribution in [3.63, 3.8) is 0 Å². The van der Waals surface area contributed by atoms with E-state index in [-0.39, 0.29) is 32.4 Å². The Morgan fingerprint density at radius 3 is 2.33 bits per heavy atom. The van der Waals surface area contributed by atoms with E-state index in [9.17, 15) is 15.3 Å². The Hall–Kier alpha value is -1.79. The van der Waals surface area contributed by atoms with E-state index in [1.807, 2.05) is 24.3 Å². The summed E-state index contributed by atoms with van der Waals surface area (Å²) in [4.78, 5) is 3.96. The molecule has 0 aromatic heterocycles. The van der Waals surface area contributed by atoms with Gasteiger partial charge in [0.05, 0.1) is 45.7 Å². The van der Waals surface area contributed by atoms with Gasteiger partial charge in [0.25, 0.3) is 0 Å². The molecule has 1 aromatic carbocycles. The molecule has 0 heterocycles. The minimum atomic E-state index is -0.844. The third-order valence-electron chi connectivity index (χ3n) is 5.41. The zero-order valence-corrected chi connectivity index (χ0v) is 19.3. The minimum Gasteiger partial charge on any atom is -0.394 e. The molecular weight excluding hydrogens is 428 g/mol. The monoisotopic (exact) mass is 468 g/mol. The van der Waals surface area contributed by atoms with Gasteiger partial charge in [0.2, 0.25) is 0 Å². The van der Waals surface area contributed by atoms with Crippen LogP contribution in [0.15, 0.2) is 29.3 Å². The Morgan fingerprint density at radius 2 is 1.70 bits per heavy atom. The van der Waals surface area contributed by atoms with E-state index in [2.05, 4.69) is 10.3 Å². The summed E-state index contributed by atoms with van der Waals surface area (Å²) in [6.07, 6.45) is 1.66. The molecule has 10 heteroatoms. The lowest BCUT2D eigenvalue weighted by atomic mass is 9.86. The summed E-state index contributed by atoms with van der Waals surface area (Å²) in [5.74, 6) is 0.696. The molecule has 0 radical (unpaired) electrons. The van der Waals surface area contributed by atoms with Crippen molar-refractivity contribution in [1.82, 2.24) is 5.32 Å². The molecule has 1 aliphatic rings. The van der Waals surface area contributed by atoms with Crippen molar-refractivity contribution in [2.24, 2.45) is 22.4 Å². The first kappa shape index (κ1) is 27.5. The molecule has 188 valence electrons. The molecule has 0 bridgehead atoms. The number of aliphatic hydroxyl groups excluding tert-OH is 3. The quantitative estimate of drug-likeness (QED) is 0.123. The number of rotatable bonds is 18. The number of hydrogen-bond donors (Lipinski definition) is 6. The molecule has 33 heavy (non-hydrogen) atoms. The Balaban J connectivity index is 1.49. The van der Waals surface area contributed by atoms with Crippen LogP contribution in [0.25, 0.3) is 0 Å². The molecular formula is C23H40N4O6. The summed E-state index contributed by atoms with van der Waals surface area (Å²) < 4.78 is 16.4. The van der Waals surface area contributed by atoms with Crippen LogP contribution in [0.5, 0.6) is 0 Å². The largest absolute Gasteiger partial charge is 0.394 e. The van der Waals surface area contributed by atoms with Gasteiger partial charge in [-0.2, -0.15) is 0 Å². The van der Waals surface area contributed by atoms with Crippen LogP contribution < -0.4 is 16.8 Å². The number of aliphatic hydroxyl groups is 3. The molecule has 10 nitrogen and oxygen atoms in total. The van der Waals surface area contributed by atoms with Gasteiger partial charge >= 0.3 is 0 Å². The topological polar surface area (TPSA) is 165 Å². The van der Waals surface area contributed by atoms with Crippen molar-refractivity contribution in [2.75, 3.05) is 46.2 Å². The Morgan fingerprint density at radius 1 is 1.00 bits per heavy atom. The molecule has 3 unspecified atom stereocenters. The van der Waals surface area contributed by atoms with Crippen LogP contribution in [0.4, 0.5) is 0 Å². The maximum Gasteiger partial charge on any atom is 0.186 e. The minimum absolute atomic E-state index is 0.0333. The van der Waals surface area contributed by atoms with Crippen molar-refractivity contribution < 1.29 is 29.5 Å². The fourth-order valence-electron chi connectivity index (χ4n) is 3.20. The summed E-state index contributed by atoms with van der Waals surface area (Å²) >= 11 is 0. The molecule has 3 atom stereocenters. The third kappa shape index (κ3) is 12.3. The zero-order valence-electron chi connectivity index (χ0n) is 19.3. The lowest BCUT2D eigenvalue weighted by Crippen LogP contribution is -2.33. The van der Waals surface area contributed by atoms with Crippen LogP contribution >= 0.6 is 0 Å². The SMILES string of the molecule is NC(N)=NCc1ccc(CNCC(O)COCC(O)COC(CO)COCC2CCC2)cc1. The highest BCUT2D eigenvalue weighted by atomic mass is 16.5. The van der Waals surface area contributed by atoms with E-state index in [0.717, 1.165) is 11.1 Å². The summed E-state index contributed by atoms with van der Waals surface area (Å²) in [6, 6.07) is 7.85. The first-order valence-electron chi connectivity index (χ1n) is 11.5. The average molecular weight is 469 g/mol. The van der Waals surface area contributed by atoms with Gasteiger partial charge < -0.3 is 46.3 Å². The van der Waals surface area contributed by atoms with Gasteiger partial charge in [-0.25, -0.2) is 4.99 Å². The summed E-state index contributed by atoms with van der Waals surface area (Å²) in [5, 5.41) is 32.6. The van der Waals surface area contributed by atoms with E-state index in [0.29, 0.717) is 38.8 Å². The molecule has 1 aliphatic carbocycles. The first-order chi connectivity index (χ1) is 16.0. The van der Waals surface area contributed by atoms with Crippen LogP contribution in [0.2, 0.25) is 0 Å². The maximum atomic E-state index is 10.0. The highest BCUT2D eigenvalue weighted by Crippen LogP contribution is 2.26. The number of hydrogen-bond acceptors (Lipinski definition) is 8. The summed E-state index contributed by atoms with van der Waals surface area (Å²) in [5.41, 5.74) is 12.7. The Bertz CT molecular complexity index is 667. The number of aliphatic imine (C=N–C) groups is 1. The van der Waals surface area contributed by atoms with Gasteiger partial charge in [0.1, 0.15) is 12.2 Å². The van der Waals surface area contributed by atoms with Gasteiger partial charge in [0.15, 0.2) is 5.96 Å². The molecule has 8 N–H and O–H groups in total. The van der Waals surface area contributed by atoms with E-state index in [1.165, 1.54) is 19.3 Å². The Labute approximate surface area is 195 Å². The van der Waals surface area contributed by atoms with Crippen LogP contribution in [-0.4, -0.2) is 85.8 Å². The fraction of sp³-hybridized carbons (Fsp3) is 0.696. The lowest BCUT2D eigenvalue weighted by molar-refractivity contribution is -0.0915. The average Bonchev–Trinajstić information content (AvgIpc) is 2.76. The van der Waals surface area contributed by atoms with Crippen LogP contribution in [0, 0.1) is 5.92 Å². The van der Waals surface area contributed by atoms with E-state index in [4.69, 9.17) is 25.7 Å². The second-order valence-corrected chi connectivity index (χ2v) is 8.51. The second kappa shape index (κ2) is 15.9. The highest BCUT2D eigenvalue weighted by molar-refractivity contribution is 5.75. The number of nitrogens with zero attached hydrogens (tertiary/aromatic N) is 1. The summed E-state index contributed by atoms with van der Waals surface area (Å²) in [7, 11) is 0. The Kier molecular flexibility index (Phi) is 13.3. The van der Waals surface area contributed by atoms with Crippen molar-refractivity contribution in [3.05, 3.63) is 35.4 Å². The standard InChI is InChI=1S/C23H40N4O6/c24-23(25)27-9-18-6-4-17(5-7-18)8-26-10-20(29)13-32-14-21(30)15-33-22(11-28)16-31-12-19-2-1-3-19/h4-7,19-22,26,28-30H,1-3,8-16H2,(H4,24,25,27). The predicted molar refractivity (Wildman–Crippen MR) is 125 cm³/mol. The van der Waals surface area contributed by atoms with E-state index >= 15 is 0 Å². The van der Waals surface area contributed by atoms with Gasteiger partial charge in [0, 0.05) is 19.7 Å². The van der Waals surface area contributed by atoms with Crippen molar-refractivity contribution in [2.45, 2.75) is 50.7 Å². The van der Waals surface area contributed by atoms with Crippen LogP contribution in [-0.2, 0) is 27.3 Å². The normalized spacial score (nSPS) is 16.7. The van der Waals surface area contributed by atoms with Gasteiger partial charge in [-0.3, -0.25) is 0 Å². The highest BCUT2D eigenvalue weighted by Gasteiger charge is 2.19.